The van der Waals surface area contributed by atoms with Crippen molar-refractivity contribution in [3.63, 3.8) is 0 Å². The molecule has 0 amide bonds. The summed E-state index contributed by atoms with van der Waals surface area (Å²) in [6.45, 7) is 4.37. The molecule has 0 spiro atoms. The minimum atomic E-state index is -1.09. The molecule has 0 saturated carbocycles. The van der Waals surface area contributed by atoms with E-state index in [1.54, 1.807) is 12.1 Å². The summed E-state index contributed by atoms with van der Waals surface area (Å²) < 4.78 is 10.2. The summed E-state index contributed by atoms with van der Waals surface area (Å²) in [5.74, 6) is -1.08. The fraction of sp³-hybridized carbons (Fsp3) is 0.263. The molecule has 0 fully saturated rings. The van der Waals surface area contributed by atoms with E-state index < -0.39 is 11.9 Å². The number of methoxy groups -OCH3 is 1. The third-order valence-corrected chi connectivity index (χ3v) is 3.12. The Morgan fingerprint density at radius 1 is 1.04 bits per heavy atom. The lowest BCUT2D eigenvalue weighted by Gasteiger charge is -2.10. The van der Waals surface area contributed by atoms with E-state index >= 15 is 0 Å². The van der Waals surface area contributed by atoms with Gasteiger partial charge in [-0.15, -0.1) is 0 Å². The van der Waals surface area contributed by atoms with Crippen LogP contribution in [-0.4, -0.2) is 24.2 Å². The molecule has 2 aromatic rings. The summed E-state index contributed by atoms with van der Waals surface area (Å²) in [5.41, 5.74) is 1.43. The van der Waals surface area contributed by atoms with Crippen LogP contribution in [0.1, 0.15) is 35.3 Å². The molecule has 0 bridgehead atoms. The fourth-order valence-corrected chi connectivity index (χ4v) is 1.98. The number of aromatic carboxylic acids is 1. The number of carbonyl (C=O) groups excluding carboxylic acids is 1. The third kappa shape index (κ3) is 5.76. The van der Waals surface area contributed by atoms with Gasteiger partial charge in [-0.2, -0.15) is 0 Å². The molecule has 128 valence electrons. The van der Waals surface area contributed by atoms with Crippen LogP contribution in [0, 0.1) is 0 Å². The lowest BCUT2D eigenvalue weighted by Crippen LogP contribution is -2.10. The van der Waals surface area contributed by atoms with Crippen molar-refractivity contribution in [3.05, 3.63) is 65.2 Å². The van der Waals surface area contributed by atoms with Crippen LogP contribution in [0.15, 0.2) is 48.5 Å². The highest BCUT2D eigenvalue weighted by Crippen LogP contribution is 2.20. The molecule has 5 heteroatoms. The minimum Gasteiger partial charge on any atom is -0.489 e. The summed E-state index contributed by atoms with van der Waals surface area (Å²) in [6.07, 6.45) is -0.110. The zero-order valence-electron chi connectivity index (χ0n) is 14.1. The normalized spacial score (nSPS) is 9.46. The molecule has 1 N–H and O–H groups in total. The van der Waals surface area contributed by atoms with Crippen LogP contribution in [0.2, 0.25) is 0 Å². The average molecular weight is 330 g/mol. The van der Waals surface area contributed by atoms with Crippen molar-refractivity contribution in [2.75, 3.05) is 7.11 Å². The Morgan fingerprint density at radius 2 is 1.71 bits per heavy atom. The van der Waals surface area contributed by atoms with Gasteiger partial charge < -0.3 is 14.6 Å². The van der Waals surface area contributed by atoms with Crippen LogP contribution in [-0.2, 0) is 22.6 Å². The topological polar surface area (TPSA) is 72.8 Å². The first-order valence-corrected chi connectivity index (χ1v) is 7.70. The molecule has 2 aromatic carbocycles. The van der Waals surface area contributed by atoms with Crippen molar-refractivity contribution in [1.82, 2.24) is 0 Å². The molecule has 0 heterocycles. The quantitative estimate of drug-likeness (QED) is 0.818. The van der Waals surface area contributed by atoms with E-state index in [0.717, 1.165) is 5.56 Å². The van der Waals surface area contributed by atoms with Gasteiger partial charge in [-0.1, -0.05) is 44.2 Å². The Labute approximate surface area is 141 Å². The van der Waals surface area contributed by atoms with Gasteiger partial charge in [0.1, 0.15) is 12.4 Å². The number of carboxylic acid groups (broad SMARTS) is 1. The fourth-order valence-electron chi connectivity index (χ4n) is 1.98. The lowest BCUT2D eigenvalue weighted by molar-refractivity contribution is -0.139. The predicted molar refractivity (Wildman–Crippen MR) is 91.2 cm³/mol. The van der Waals surface area contributed by atoms with Gasteiger partial charge >= 0.3 is 11.9 Å². The Morgan fingerprint density at radius 3 is 2.29 bits per heavy atom. The Balaban J connectivity index is 0.00000139. The maximum atomic E-state index is 11.4. The summed E-state index contributed by atoms with van der Waals surface area (Å²) in [6, 6.07) is 14.2. The number of carbonyl (C=O) groups is 2. The van der Waals surface area contributed by atoms with E-state index in [0.29, 0.717) is 17.9 Å². The maximum Gasteiger partial charge on any atom is 0.335 e. The van der Waals surface area contributed by atoms with Gasteiger partial charge in [0.15, 0.2) is 0 Å². The standard InChI is InChI=1S/C17H16O5.C2H6/c1-21-16(18)10-13-9-14(7-8-15(13)17(19)20)22-11-12-5-3-2-4-6-12;1-2/h2-9H,10-11H2,1H3,(H,19,20);1-2H3. The average Bonchev–Trinajstić information content (AvgIpc) is 2.62. The second kappa shape index (κ2) is 10.0. The number of esters is 1. The van der Waals surface area contributed by atoms with E-state index in [-0.39, 0.29) is 12.0 Å². The number of ether oxygens (including phenoxy) is 2. The molecule has 0 aliphatic heterocycles. The van der Waals surface area contributed by atoms with Crippen molar-refractivity contribution in [3.8, 4) is 5.75 Å². The number of rotatable bonds is 6. The van der Waals surface area contributed by atoms with Crippen LogP contribution in [0.25, 0.3) is 0 Å². The molecule has 0 aliphatic carbocycles. The molecular weight excluding hydrogens is 308 g/mol. The highest BCUT2D eigenvalue weighted by molar-refractivity contribution is 5.91. The lowest BCUT2D eigenvalue weighted by atomic mass is 10.0. The van der Waals surface area contributed by atoms with Gasteiger partial charge in [-0.05, 0) is 29.3 Å². The van der Waals surface area contributed by atoms with Crippen molar-refractivity contribution in [2.24, 2.45) is 0 Å². The maximum absolute atomic E-state index is 11.4. The van der Waals surface area contributed by atoms with Gasteiger partial charge in [-0.25, -0.2) is 4.79 Å². The largest absolute Gasteiger partial charge is 0.489 e. The second-order valence-corrected chi connectivity index (χ2v) is 4.65. The van der Waals surface area contributed by atoms with Gasteiger partial charge in [0.2, 0.25) is 0 Å². The zero-order valence-corrected chi connectivity index (χ0v) is 14.1. The molecule has 0 radical (unpaired) electrons. The van der Waals surface area contributed by atoms with Crippen molar-refractivity contribution in [2.45, 2.75) is 26.9 Å². The summed E-state index contributed by atoms with van der Waals surface area (Å²) in [5, 5.41) is 9.16. The molecule has 0 saturated heterocycles. The highest BCUT2D eigenvalue weighted by atomic mass is 16.5. The Hall–Kier alpha value is -2.82. The summed E-state index contributed by atoms with van der Waals surface area (Å²) in [4.78, 5) is 22.6. The molecule has 5 nitrogen and oxygen atoms in total. The molecule has 0 atom stereocenters. The van der Waals surface area contributed by atoms with Gasteiger partial charge in [0, 0.05) is 0 Å². The van der Waals surface area contributed by atoms with E-state index in [4.69, 9.17) is 9.84 Å². The van der Waals surface area contributed by atoms with Crippen molar-refractivity contribution in [1.29, 1.82) is 0 Å². The zero-order chi connectivity index (χ0) is 17.9. The molecule has 0 unspecified atom stereocenters. The van der Waals surface area contributed by atoms with Crippen LogP contribution in [0.3, 0.4) is 0 Å². The van der Waals surface area contributed by atoms with Crippen LogP contribution < -0.4 is 4.74 Å². The smallest absolute Gasteiger partial charge is 0.335 e. The summed E-state index contributed by atoms with van der Waals surface area (Å²) >= 11 is 0. The third-order valence-electron chi connectivity index (χ3n) is 3.12. The van der Waals surface area contributed by atoms with E-state index in [2.05, 4.69) is 4.74 Å². The van der Waals surface area contributed by atoms with Crippen molar-refractivity contribution >= 4 is 11.9 Å². The summed E-state index contributed by atoms with van der Waals surface area (Å²) in [7, 11) is 1.26. The van der Waals surface area contributed by atoms with E-state index in [1.807, 2.05) is 44.2 Å². The number of benzene rings is 2. The van der Waals surface area contributed by atoms with Crippen LogP contribution in [0.4, 0.5) is 0 Å². The number of carboxylic acids is 1. The highest BCUT2D eigenvalue weighted by Gasteiger charge is 2.14. The SMILES string of the molecule is CC.COC(=O)Cc1cc(OCc2ccccc2)ccc1C(=O)O. The van der Waals surface area contributed by atoms with E-state index in [1.165, 1.54) is 13.2 Å². The first-order chi connectivity index (χ1) is 11.6. The molecule has 0 aliphatic rings. The van der Waals surface area contributed by atoms with Gasteiger partial charge in [0.25, 0.3) is 0 Å². The number of hydrogen-bond donors (Lipinski definition) is 1. The first-order valence-electron chi connectivity index (χ1n) is 7.70. The molecule has 0 aromatic heterocycles. The molecule has 24 heavy (non-hydrogen) atoms. The molecule has 2 rings (SSSR count). The Kier molecular flexibility index (Phi) is 8.05. The van der Waals surface area contributed by atoms with Crippen LogP contribution >= 0.6 is 0 Å². The predicted octanol–water partition coefficient (Wildman–Crippen LogP) is 3.71. The monoisotopic (exact) mass is 330 g/mol. The second-order valence-electron chi connectivity index (χ2n) is 4.65. The van der Waals surface area contributed by atoms with E-state index in [9.17, 15) is 9.59 Å². The first kappa shape index (κ1) is 19.2. The van der Waals surface area contributed by atoms with Crippen molar-refractivity contribution < 1.29 is 24.2 Å². The van der Waals surface area contributed by atoms with Gasteiger partial charge in [0.05, 0.1) is 19.1 Å². The van der Waals surface area contributed by atoms with Crippen LogP contribution in [0.5, 0.6) is 5.75 Å². The minimum absolute atomic E-state index is 0.0671. The molecular formula is C19H22O5. The van der Waals surface area contributed by atoms with Gasteiger partial charge in [-0.3, -0.25) is 4.79 Å². The number of hydrogen-bond acceptors (Lipinski definition) is 4. The Bertz CT molecular complexity index is 665.